The van der Waals surface area contributed by atoms with Crippen LogP contribution in [0.1, 0.15) is 38.7 Å². The second kappa shape index (κ2) is 4.92. The summed E-state index contributed by atoms with van der Waals surface area (Å²) in [6.07, 6.45) is 7.88. The van der Waals surface area contributed by atoms with Crippen LogP contribution in [0.2, 0.25) is 0 Å². The summed E-state index contributed by atoms with van der Waals surface area (Å²) >= 11 is 0. The first-order chi connectivity index (χ1) is 7.56. The van der Waals surface area contributed by atoms with Crippen molar-refractivity contribution in [3.63, 3.8) is 0 Å². The van der Waals surface area contributed by atoms with Gasteiger partial charge in [0.15, 0.2) is 5.82 Å². The van der Waals surface area contributed by atoms with Crippen molar-refractivity contribution in [2.24, 2.45) is 4.99 Å². The predicted octanol–water partition coefficient (Wildman–Crippen LogP) is 3.23. The van der Waals surface area contributed by atoms with Crippen LogP contribution in [0.5, 0.6) is 0 Å². The minimum atomic E-state index is 0.0848. The molecule has 3 heteroatoms. The number of aromatic nitrogens is 2. The molecular weight excluding hydrogens is 198 g/mol. The first kappa shape index (κ1) is 12.4. The van der Waals surface area contributed by atoms with Gasteiger partial charge in [0.2, 0.25) is 0 Å². The SMILES string of the molecule is C=CN=Cc1ncc(C(C)(C)CC)n1C=C. The Balaban J connectivity index is 3.23. The number of imidazole rings is 1. The van der Waals surface area contributed by atoms with E-state index in [0.29, 0.717) is 0 Å². The van der Waals surface area contributed by atoms with Crippen LogP contribution in [0.15, 0.2) is 30.5 Å². The van der Waals surface area contributed by atoms with Crippen molar-refractivity contribution in [3.8, 4) is 0 Å². The van der Waals surface area contributed by atoms with Crippen molar-refractivity contribution in [2.45, 2.75) is 32.6 Å². The molecule has 0 saturated heterocycles. The van der Waals surface area contributed by atoms with E-state index >= 15 is 0 Å². The van der Waals surface area contributed by atoms with Gasteiger partial charge in [-0.05, 0) is 6.42 Å². The van der Waals surface area contributed by atoms with Gasteiger partial charge in [-0.15, -0.1) is 0 Å². The highest BCUT2D eigenvalue weighted by atomic mass is 15.1. The second-order valence-corrected chi connectivity index (χ2v) is 4.25. The molecule has 0 spiro atoms. The zero-order valence-electron chi connectivity index (χ0n) is 10.3. The van der Waals surface area contributed by atoms with Gasteiger partial charge < -0.3 is 4.57 Å². The molecule has 3 nitrogen and oxygen atoms in total. The van der Waals surface area contributed by atoms with E-state index in [0.717, 1.165) is 17.9 Å². The summed E-state index contributed by atoms with van der Waals surface area (Å²) in [7, 11) is 0. The van der Waals surface area contributed by atoms with Crippen LogP contribution in [0.4, 0.5) is 0 Å². The fourth-order valence-corrected chi connectivity index (χ4v) is 1.46. The number of rotatable bonds is 5. The third kappa shape index (κ3) is 2.30. The number of hydrogen-bond donors (Lipinski definition) is 0. The fourth-order valence-electron chi connectivity index (χ4n) is 1.46. The molecular formula is C13H19N3. The first-order valence-corrected chi connectivity index (χ1v) is 5.41. The molecule has 1 rings (SSSR count). The van der Waals surface area contributed by atoms with Gasteiger partial charge in [-0.1, -0.05) is 33.9 Å². The van der Waals surface area contributed by atoms with Gasteiger partial charge in [0.05, 0.1) is 6.21 Å². The minimum Gasteiger partial charge on any atom is -0.303 e. The quantitative estimate of drug-likeness (QED) is 0.696. The summed E-state index contributed by atoms with van der Waals surface area (Å²) in [5.41, 5.74) is 1.23. The number of hydrogen-bond acceptors (Lipinski definition) is 2. The largest absolute Gasteiger partial charge is 0.303 e. The average Bonchev–Trinajstić information content (AvgIpc) is 2.69. The van der Waals surface area contributed by atoms with Crippen LogP contribution < -0.4 is 0 Å². The molecule has 0 bridgehead atoms. The molecule has 0 saturated carbocycles. The van der Waals surface area contributed by atoms with Gasteiger partial charge in [-0.3, -0.25) is 4.99 Å². The number of aliphatic imine (C=N–C) groups is 1. The molecule has 0 aliphatic carbocycles. The molecule has 0 aliphatic heterocycles. The molecule has 1 heterocycles. The standard InChI is InChI=1S/C13H19N3/c1-6-13(4,5)11-9-15-12(10-14-7-2)16(11)8-3/h7-10H,2-3,6H2,1,4-5H3. The lowest BCUT2D eigenvalue weighted by Crippen LogP contribution is -2.19. The van der Waals surface area contributed by atoms with E-state index in [9.17, 15) is 0 Å². The van der Waals surface area contributed by atoms with Crippen molar-refractivity contribution >= 4 is 12.4 Å². The van der Waals surface area contributed by atoms with Gasteiger partial charge >= 0.3 is 0 Å². The summed E-state index contributed by atoms with van der Waals surface area (Å²) in [6.45, 7) is 13.9. The maximum atomic E-state index is 4.33. The van der Waals surface area contributed by atoms with Crippen molar-refractivity contribution in [3.05, 3.63) is 37.1 Å². The van der Waals surface area contributed by atoms with E-state index < -0.39 is 0 Å². The Morgan fingerprint density at radius 3 is 2.69 bits per heavy atom. The molecule has 0 unspecified atom stereocenters. The third-order valence-corrected chi connectivity index (χ3v) is 2.88. The summed E-state index contributed by atoms with van der Waals surface area (Å²) < 4.78 is 1.97. The Labute approximate surface area is 97.2 Å². The zero-order valence-corrected chi connectivity index (χ0v) is 10.3. The highest BCUT2D eigenvalue weighted by Gasteiger charge is 2.23. The summed E-state index contributed by atoms with van der Waals surface area (Å²) in [5, 5.41) is 0. The van der Waals surface area contributed by atoms with Crippen molar-refractivity contribution in [1.82, 2.24) is 9.55 Å². The Morgan fingerprint density at radius 2 is 2.19 bits per heavy atom. The minimum absolute atomic E-state index is 0.0848. The van der Waals surface area contributed by atoms with E-state index in [-0.39, 0.29) is 5.41 Å². The molecule has 0 aliphatic rings. The van der Waals surface area contributed by atoms with E-state index in [4.69, 9.17) is 0 Å². The second-order valence-electron chi connectivity index (χ2n) is 4.25. The zero-order chi connectivity index (χ0) is 12.2. The highest BCUT2D eigenvalue weighted by Crippen LogP contribution is 2.27. The lowest BCUT2D eigenvalue weighted by Gasteiger charge is -2.23. The predicted molar refractivity (Wildman–Crippen MR) is 69.7 cm³/mol. The van der Waals surface area contributed by atoms with Gasteiger partial charge in [0.1, 0.15) is 0 Å². The fraction of sp³-hybridized carbons (Fsp3) is 0.385. The first-order valence-electron chi connectivity index (χ1n) is 5.41. The molecule has 16 heavy (non-hydrogen) atoms. The van der Waals surface area contributed by atoms with Crippen molar-refractivity contribution in [2.75, 3.05) is 0 Å². The topological polar surface area (TPSA) is 30.2 Å². The lowest BCUT2D eigenvalue weighted by molar-refractivity contribution is 0.484. The molecule has 0 amide bonds. The van der Waals surface area contributed by atoms with E-state index in [2.05, 4.69) is 43.9 Å². The average molecular weight is 217 g/mol. The number of nitrogens with zero attached hydrogens (tertiary/aromatic N) is 3. The van der Waals surface area contributed by atoms with Crippen LogP contribution in [0.25, 0.3) is 6.20 Å². The van der Waals surface area contributed by atoms with Crippen molar-refractivity contribution < 1.29 is 0 Å². The Hall–Kier alpha value is -1.64. The van der Waals surface area contributed by atoms with E-state index in [1.807, 2.05) is 10.8 Å². The van der Waals surface area contributed by atoms with Crippen LogP contribution in [0, 0.1) is 0 Å². The van der Waals surface area contributed by atoms with Crippen LogP contribution in [0.3, 0.4) is 0 Å². The van der Waals surface area contributed by atoms with E-state index in [1.165, 1.54) is 6.20 Å². The van der Waals surface area contributed by atoms with Crippen molar-refractivity contribution in [1.29, 1.82) is 0 Å². The van der Waals surface area contributed by atoms with Gasteiger partial charge in [0.25, 0.3) is 0 Å². The summed E-state index contributed by atoms with van der Waals surface area (Å²) in [5.74, 6) is 0.784. The molecule has 0 fully saturated rings. The molecule has 86 valence electrons. The highest BCUT2D eigenvalue weighted by molar-refractivity contribution is 5.76. The van der Waals surface area contributed by atoms with Gasteiger partial charge in [0, 0.05) is 29.7 Å². The van der Waals surface area contributed by atoms with Crippen LogP contribution >= 0.6 is 0 Å². The molecule has 0 N–H and O–H groups in total. The van der Waals surface area contributed by atoms with Gasteiger partial charge in [-0.25, -0.2) is 4.98 Å². The maximum absolute atomic E-state index is 4.33. The van der Waals surface area contributed by atoms with Crippen LogP contribution in [-0.2, 0) is 5.41 Å². The van der Waals surface area contributed by atoms with Gasteiger partial charge in [-0.2, -0.15) is 0 Å². The lowest BCUT2D eigenvalue weighted by atomic mass is 9.87. The monoisotopic (exact) mass is 217 g/mol. The maximum Gasteiger partial charge on any atom is 0.155 e. The van der Waals surface area contributed by atoms with E-state index in [1.54, 1.807) is 12.4 Å². The Kier molecular flexibility index (Phi) is 3.82. The Morgan fingerprint density at radius 1 is 1.50 bits per heavy atom. The smallest absolute Gasteiger partial charge is 0.155 e. The summed E-state index contributed by atoms with van der Waals surface area (Å²) in [6, 6.07) is 0. The Bertz CT molecular complexity index is 411. The third-order valence-electron chi connectivity index (χ3n) is 2.88. The normalized spacial score (nSPS) is 11.9. The molecule has 1 aromatic heterocycles. The molecule has 1 aromatic rings. The molecule has 0 radical (unpaired) electrons. The molecule has 0 aromatic carbocycles. The van der Waals surface area contributed by atoms with Crippen LogP contribution in [-0.4, -0.2) is 15.8 Å². The molecule has 0 atom stereocenters. The summed E-state index contributed by atoms with van der Waals surface area (Å²) in [4.78, 5) is 8.31.